The molecule has 0 aliphatic rings. The van der Waals surface area contributed by atoms with E-state index in [9.17, 15) is 4.79 Å². The normalized spacial score (nSPS) is 9.67. The first-order valence-corrected chi connectivity index (χ1v) is 6.33. The minimum Gasteiger partial charge on any atom is -0.483 e. The number of benzene rings is 1. The molecular weight excluding hydrogens is 296 g/mol. The number of nitrogens with zero attached hydrogens (tertiary/aromatic N) is 2. The predicted molar refractivity (Wildman–Crippen MR) is 72.2 cm³/mol. The number of hydrogen-bond donors (Lipinski definition) is 0. The molecular formula is C13H15BrN2O2. The maximum Gasteiger partial charge on any atom is 0.260 e. The molecule has 0 saturated carbocycles. The third kappa shape index (κ3) is 4.38. The summed E-state index contributed by atoms with van der Waals surface area (Å²) < 4.78 is 6.26. The molecule has 0 spiro atoms. The summed E-state index contributed by atoms with van der Waals surface area (Å²) in [6.45, 7) is 2.38. The molecule has 4 nitrogen and oxygen atoms in total. The summed E-state index contributed by atoms with van der Waals surface area (Å²) in [6, 6.07) is 7.67. The number of amides is 1. The molecule has 0 fully saturated rings. The number of carbonyl (C=O) groups excluding carboxylic acids is 1. The summed E-state index contributed by atoms with van der Waals surface area (Å²) in [5.74, 6) is 0.500. The highest BCUT2D eigenvalue weighted by atomic mass is 79.9. The van der Waals surface area contributed by atoms with E-state index in [4.69, 9.17) is 10.00 Å². The monoisotopic (exact) mass is 310 g/mol. The molecule has 18 heavy (non-hydrogen) atoms. The van der Waals surface area contributed by atoms with Crippen molar-refractivity contribution in [2.75, 3.05) is 20.2 Å². The average Bonchev–Trinajstić information content (AvgIpc) is 2.34. The van der Waals surface area contributed by atoms with Gasteiger partial charge in [-0.2, -0.15) is 5.26 Å². The van der Waals surface area contributed by atoms with Crippen molar-refractivity contribution in [2.45, 2.75) is 13.3 Å². The quantitative estimate of drug-likeness (QED) is 0.839. The Balaban J connectivity index is 2.50. The highest BCUT2D eigenvalue weighted by molar-refractivity contribution is 9.10. The molecule has 0 radical (unpaired) electrons. The maximum atomic E-state index is 11.7. The molecule has 0 N–H and O–H groups in total. The first-order valence-electron chi connectivity index (χ1n) is 5.54. The minimum atomic E-state index is -0.141. The molecule has 0 aromatic heterocycles. The Hall–Kier alpha value is -1.54. The summed E-state index contributed by atoms with van der Waals surface area (Å²) in [5, 5.41) is 8.44. The van der Waals surface area contributed by atoms with Gasteiger partial charge in [-0.1, -0.05) is 6.07 Å². The molecule has 1 aromatic carbocycles. The van der Waals surface area contributed by atoms with Gasteiger partial charge in [0.2, 0.25) is 0 Å². The molecule has 0 heterocycles. The van der Waals surface area contributed by atoms with Crippen LogP contribution in [0.25, 0.3) is 0 Å². The van der Waals surface area contributed by atoms with Gasteiger partial charge >= 0.3 is 0 Å². The molecule has 0 atom stereocenters. The molecule has 0 unspecified atom stereocenters. The van der Waals surface area contributed by atoms with E-state index in [0.717, 1.165) is 10.0 Å². The number of hydrogen-bond acceptors (Lipinski definition) is 3. The van der Waals surface area contributed by atoms with E-state index < -0.39 is 0 Å². The Bertz CT molecular complexity index is 469. The number of ether oxygens (including phenoxy) is 1. The lowest BCUT2D eigenvalue weighted by atomic mass is 10.2. The van der Waals surface area contributed by atoms with Crippen LogP contribution in [0.3, 0.4) is 0 Å². The van der Waals surface area contributed by atoms with Crippen molar-refractivity contribution in [3.8, 4) is 11.8 Å². The van der Waals surface area contributed by atoms with Crippen LogP contribution in [0.2, 0.25) is 0 Å². The van der Waals surface area contributed by atoms with Gasteiger partial charge in [-0.3, -0.25) is 4.79 Å². The fourth-order valence-electron chi connectivity index (χ4n) is 1.32. The van der Waals surface area contributed by atoms with E-state index in [1.807, 2.05) is 31.2 Å². The van der Waals surface area contributed by atoms with Gasteiger partial charge in [-0.05, 0) is 40.5 Å². The molecule has 0 aliphatic carbocycles. The first-order chi connectivity index (χ1) is 8.54. The third-order valence-electron chi connectivity index (χ3n) is 2.42. The lowest BCUT2D eigenvalue weighted by molar-refractivity contribution is -0.132. The van der Waals surface area contributed by atoms with Crippen molar-refractivity contribution in [1.82, 2.24) is 4.90 Å². The van der Waals surface area contributed by atoms with Crippen LogP contribution in [-0.2, 0) is 4.79 Å². The second-order valence-electron chi connectivity index (χ2n) is 3.95. The summed E-state index contributed by atoms with van der Waals surface area (Å²) >= 11 is 3.38. The van der Waals surface area contributed by atoms with Crippen molar-refractivity contribution >= 4 is 21.8 Å². The van der Waals surface area contributed by atoms with Gasteiger partial charge in [0.25, 0.3) is 5.91 Å². The van der Waals surface area contributed by atoms with Crippen molar-refractivity contribution in [3.63, 3.8) is 0 Å². The van der Waals surface area contributed by atoms with Gasteiger partial charge in [-0.15, -0.1) is 0 Å². The third-order valence-corrected chi connectivity index (χ3v) is 3.04. The van der Waals surface area contributed by atoms with Gasteiger partial charge in [0.15, 0.2) is 6.61 Å². The van der Waals surface area contributed by atoms with Crippen molar-refractivity contribution in [1.29, 1.82) is 5.26 Å². The zero-order chi connectivity index (χ0) is 13.5. The lowest BCUT2D eigenvalue weighted by Gasteiger charge is -2.16. The molecule has 1 amide bonds. The van der Waals surface area contributed by atoms with Crippen LogP contribution in [-0.4, -0.2) is 31.0 Å². The Morgan fingerprint density at radius 1 is 1.56 bits per heavy atom. The van der Waals surface area contributed by atoms with Crippen LogP contribution in [0, 0.1) is 18.3 Å². The van der Waals surface area contributed by atoms with Crippen LogP contribution in [0.4, 0.5) is 0 Å². The van der Waals surface area contributed by atoms with Crippen LogP contribution in [0.5, 0.6) is 5.75 Å². The van der Waals surface area contributed by atoms with Gasteiger partial charge in [-0.25, -0.2) is 0 Å². The predicted octanol–water partition coefficient (Wildman–Crippen LogP) is 2.51. The zero-order valence-corrected chi connectivity index (χ0v) is 12.0. The van der Waals surface area contributed by atoms with Gasteiger partial charge in [0, 0.05) is 13.6 Å². The lowest BCUT2D eigenvalue weighted by Crippen LogP contribution is -2.32. The average molecular weight is 311 g/mol. The molecule has 1 rings (SSSR count). The van der Waals surface area contributed by atoms with Gasteiger partial charge in [0.1, 0.15) is 5.75 Å². The van der Waals surface area contributed by atoms with Crippen molar-refractivity contribution < 1.29 is 9.53 Å². The van der Waals surface area contributed by atoms with Gasteiger partial charge < -0.3 is 9.64 Å². The summed E-state index contributed by atoms with van der Waals surface area (Å²) in [5.41, 5.74) is 1.12. The van der Waals surface area contributed by atoms with Crippen LogP contribution in [0.15, 0.2) is 22.7 Å². The molecule has 0 aliphatic heterocycles. The van der Waals surface area contributed by atoms with Crippen LogP contribution < -0.4 is 4.74 Å². The number of nitriles is 1. The topological polar surface area (TPSA) is 53.3 Å². The number of rotatable bonds is 5. The fourth-order valence-corrected chi connectivity index (χ4v) is 1.92. The van der Waals surface area contributed by atoms with E-state index in [1.54, 1.807) is 7.05 Å². The van der Waals surface area contributed by atoms with E-state index in [0.29, 0.717) is 18.7 Å². The second kappa shape index (κ2) is 7.02. The molecule has 0 saturated heterocycles. The fraction of sp³-hybridized carbons (Fsp3) is 0.385. The highest BCUT2D eigenvalue weighted by Crippen LogP contribution is 2.25. The molecule has 5 heteroatoms. The molecule has 1 aromatic rings. The van der Waals surface area contributed by atoms with Crippen LogP contribution >= 0.6 is 15.9 Å². The SMILES string of the molecule is Cc1ccc(OCC(=O)N(C)CCC#N)c(Br)c1. The summed E-state index contributed by atoms with van der Waals surface area (Å²) in [4.78, 5) is 13.2. The van der Waals surface area contributed by atoms with Crippen LogP contribution in [0.1, 0.15) is 12.0 Å². The standard InChI is InChI=1S/C13H15BrN2O2/c1-10-4-5-12(11(14)8-10)18-9-13(17)16(2)7-3-6-15/h4-5,8H,3,7,9H2,1-2H3. The Kier molecular flexibility index (Phi) is 5.66. The molecule has 0 bridgehead atoms. The van der Waals surface area contributed by atoms with Crippen molar-refractivity contribution in [3.05, 3.63) is 28.2 Å². The molecule has 96 valence electrons. The maximum absolute atomic E-state index is 11.7. The summed E-state index contributed by atoms with van der Waals surface area (Å²) in [7, 11) is 1.66. The second-order valence-corrected chi connectivity index (χ2v) is 4.80. The van der Waals surface area contributed by atoms with Gasteiger partial charge in [0.05, 0.1) is 17.0 Å². The Morgan fingerprint density at radius 3 is 2.89 bits per heavy atom. The zero-order valence-electron chi connectivity index (χ0n) is 10.4. The number of halogens is 1. The van der Waals surface area contributed by atoms with E-state index in [-0.39, 0.29) is 12.5 Å². The van der Waals surface area contributed by atoms with E-state index in [2.05, 4.69) is 15.9 Å². The summed E-state index contributed by atoms with van der Waals surface area (Å²) in [6.07, 6.45) is 0.330. The largest absolute Gasteiger partial charge is 0.483 e. The Morgan fingerprint density at radius 2 is 2.28 bits per heavy atom. The first kappa shape index (κ1) is 14.5. The Labute approximate surface area is 115 Å². The highest BCUT2D eigenvalue weighted by Gasteiger charge is 2.10. The number of likely N-dealkylation sites (N-methyl/N-ethyl adjacent to an activating group) is 1. The van der Waals surface area contributed by atoms with Crippen molar-refractivity contribution in [2.24, 2.45) is 0 Å². The number of aryl methyl sites for hydroxylation is 1. The smallest absolute Gasteiger partial charge is 0.260 e. The van der Waals surface area contributed by atoms with E-state index in [1.165, 1.54) is 4.90 Å². The number of carbonyl (C=O) groups is 1. The van der Waals surface area contributed by atoms with E-state index >= 15 is 0 Å². The minimum absolute atomic E-state index is 0.0242.